The standard InChI is InChI=1S/C12H18N2O2S/c1-8(15)9-7-17-12(13-9)14-5-6-16-11-4-2-3-10(11)14/h7-8,10-11,15H,2-6H2,1H3. The number of aromatic nitrogens is 1. The first kappa shape index (κ1) is 11.4. The van der Waals surface area contributed by atoms with Crippen LogP contribution in [0.15, 0.2) is 5.38 Å². The van der Waals surface area contributed by atoms with Crippen LogP contribution in [0.1, 0.15) is 38.0 Å². The van der Waals surface area contributed by atoms with Crippen molar-refractivity contribution < 1.29 is 9.84 Å². The van der Waals surface area contributed by atoms with Gasteiger partial charge in [0.25, 0.3) is 0 Å². The summed E-state index contributed by atoms with van der Waals surface area (Å²) in [5.41, 5.74) is 0.783. The smallest absolute Gasteiger partial charge is 0.186 e. The Labute approximate surface area is 105 Å². The van der Waals surface area contributed by atoms with E-state index in [1.807, 2.05) is 5.38 Å². The molecule has 0 aromatic carbocycles. The molecule has 1 aliphatic carbocycles. The first-order valence-corrected chi connectivity index (χ1v) is 7.15. The van der Waals surface area contributed by atoms with E-state index in [1.54, 1.807) is 18.3 Å². The molecule has 2 aliphatic rings. The Morgan fingerprint density at radius 3 is 3.24 bits per heavy atom. The summed E-state index contributed by atoms with van der Waals surface area (Å²) in [4.78, 5) is 6.91. The number of anilines is 1. The van der Waals surface area contributed by atoms with Crippen LogP contribution in [0.4, 0.5) is 5.13 Å². The molecule has 3 unspecified atom stereocenters. The summed E-state index contributed by atoms with van der Waals surface area (Å²) in [6.07, 6.45) is 3.55. The minimum absolute atomic E-state index is 0.391. The minimum atomic E-state index is -0.472. The van der Waals surface area contributed by atoms with Gasteiger partial charge >= 0.3 is 0 Å². The van der Waals surface area contributed by atoms with Gasteiger partial charge in [-0.25, -0.2) is 4.98 Å². The van der Waals surface area contributed by atoms with Crippen molar-refractivity contribution in [3.8, 4) is 0 Å². The summed E-state index contributed by atoms with van der Waals surface area (Å²) in [5.74, 6) is 0. The Balaban J connectivity index is 1.81. The van der Waals surface area contributed by atoms with Crippen molar-refractivity contribution in [3.05, 3.63) is 11.1 Å². The highest BCUT2D eigenvalue weighted by Crippen LogP contribution is 2.35. The maximum Gasteiger partial charge on any atom is 0.186 e. The second-order valence-corrected chi connectivity index (χ2v) is 5.67. The van der Waals surface area contributed by atoms with Crippen LogP contribution in [-0.4, -0.2) is 35.4 Å². The number of morpholine rings is 1. The topological polar surface area (TPSA) is 45.6 Å². The van der Waals surface area contributed by atoms with E-state index in [4.69, 9.17) is 4.74 Å². The summed E-state index contributed by atoms with van der Waals surface area (Å²) in [5, 5.41) is 12.5. The molecular formula is C12H18N2O2S. The number of aliphatic hydroxyl groups is 1. The number of nitrogens with zero attached hydrogens (tertiary/aromatic N) is 2. The van der Waals surface area contributed by atoms with Crippen LogP contribution in [0.3, 0.4) is 0 Å². The van der Waals surface area contributed by atoms with Crippen LogP contribution in [0.25, 0.3) is 0 Å². The van der Waals surface area contributed by atoms with Gasteiger partial charge < -0.3 is 14.7 Å². The van der Waals surface area contributed by atoms with Gasteiger partial charge in [0.2, 0.25) is 0 Å². The van der Waals surface area contributed by atoms with Gasteiger partial charge in [-0.05, 0) is 26.2 Å². The van der Waals surface area contributed by atoms with E-state index in [-0.39, 0.29) is 0 Å². The third-order valence-corrected chi connectivity index (χ3v) is 4.56. The van der Waals surface area contributed by atoms with E-state index in [9.17, 15) is 5.11 Å². The molecule has 0 spiro atoms. The van der Waals surface area contributed by atoms with E-state index in [1.165, 1.54) is 19.3 Å². The van der Waals surface area contributed by atoms with E-state index < -0.39 is 6.10 Å². The maximum absolute atomic E-state index is 9.52. The monoisotopic (exact) mass is 254 g/mol. The fourth-order valence-electron chi connectivity index (χ4n) is 2.76. The largest absolute Gasteiger partial charge is 0.387 e. The SMILES string of the molecule is CC(O)c1csc(N2CCOC3CCCC32)n1. The average Bonchev–Trinajstić information content (AvgIpc) is 2.97. The van der Waals surface area contributed by atoms with Gasteiger partial charge in [-0.15, -0.1) is 11.3 Å². The lowest BCUT2D eigenvalue weighted by Gasteiger charge is -2.37. The zero-order valence-electron chi connectivity index (χ0n) is 10.0. The molecule has 1 saturated heterocycles. The van der Waals surface area contributed by atoms with Gasteiger partial charge in [0.05, 0.1) is 30.6 Å². The van der Waals surface area contributed by atoms with Crippen LogP contribution in [0, 0.1) is 0 Å². The molecule has 4 nitrogen and oxygen atoms in total. The molecule has 5 heteroatoms. The Bertz CT molecular complexity index is 394. The molecule has 1 aromatic rings. The predicted molar refractivity (Wildman–Crippen MR) is 67.5 cm³/mol. The number of aliphatic hydroxyl groups excluding tert-OH is 1. The van der Waals surface area contributed by atoms with Crippen LogP contribution >= 0.6 is 11.3 Å². The summed E-state index contributed by atoms with van der Waals surface area (Å²) < 4.78 is 5.79. The fraction of sp³-hybridized carbons (Fsp3) is 0.750. The van der Waals surface area contributed by atoms with Crippen LogP contribution in [-0.2, 0) is 4.74 Å². The second kappa shape index (κ2) is 4.55. The number of fused-ring (bicyclic) bond motifs is 1. The Kier molecular flexibility index (Phi) is 3.06. The lowest BCUT2D eigenvalue weighted by Crippen LogP contribution is -2.48. The first-order valence-electron chi connectivity index (χ1n) is 6.27. The maximum atomic E-state index is 9.52. The molecule has 1 aliphatic heterocycles. The molecule has 0 amide bonds. The zero-order valence-corrected chi connectivity index (χ0v) is 10.8. The van der Waals surface area contributed by atoms with Crippen molar-refractivity contribution >= 4 is 16.5 Å². The Morgan fingerprint density at radius 2 is 2.47 bits per heavy atom. The normalized spacial score (nSPS) is 30.4. The van der Waals surface area contributed by atoms with E-state index >= 15 is 0 Å². The zero-order chi connectivity index (χ0) is 11.8. The van der Waals surface area contributed by atoms with Gasteiger partial charge in [-0.2, -0.15) is 0 Å². The highest BCUT2D eigenvalue weighted by atomic mass is 32.1. The van der Waals surface area contributed by atoms with Crippen molar-refractivity contribution in [2.75, 3.05) is 18.1 Å². The number of hydrogen-bond acceptors (Lipinski definition) is 5. The molecule has 1 aromatic heterocycles. The van der Waals surface area contributed by atoms with Gasteiger partial charge in [0.15, 0.2) is 5.13 Å². The van der Waals surface area contributed by atoms with Gasteiger partial charge in [0, 0.05) is 11.9 Å². The van der Waals surface area contributed by atoms with Crippen LogP contribution in [0.2, 0.25) is 0 Å². The van der Waals surface area contributed by atoms with Gasteiger partial charge in [0.1, 0.15) is 0 Å². The minimum Gasteiger partial charge on any atom is -0.387 e. The quantitative estimate of drug-likeness (QED) is 0.876. The number of ether oxygens (including phenoxy) is 1. The summed E-state index contributed by atoms with van der Waals surface area (Å²) >= 11 is 1.63. The molecule has 2 fully saturated rings. The first-order chi connectivity index (χ1) is 8.25. The Morgan fingerprint density at radius 1 is 1.59 bits per heavy atom. The highest BCUT2D eigenvalue weighted by Gasteiger charge is 2.37. The van der Waals surface area contributed by atoms with Crippen LogP contribution < -0.4 is 4.90 Å². The summed E-state index contributed by atoms with van der Waals surface area (Å²) in [6, 6.07) is 0.497. The summed E-state index contributed by atoms with van der Waals surface area (Å²) in [7, 11) is 0. The molecule has 1 saturated carbocycles. The average molecular weight is 254 g/mol. The highest BCUT2D eigenvalue weighted by molar-refractivity contribution is 7.13. The molecule has 1 N–H and O–H groups in total. The van der Waals surface area contributed by atoms with Crippen molar-refractivity contribution in [1.82, 2.24) is 4.98 Å². The van der Waals surface area contributed by atoms with E-state index in [2.05, 4.69) is 9.88 Å². The molecular weight excluding hydrogens is 236 g/mol. The van der Waals surface area contributed by atoms with E-state index in [0.29, 0.717) is 12.1 Å². The number of thiazole rings is 1. The van der Waals surface area contributed by atoms with Gasteiger partial charge in [-0.3, -0.25) is 0 Å². The van der Waals surface area contributed by atoms with E-state index in [0.717, 1.165) is 24.0 Å². The van der Waals surface area contributed by atoms with Crippen molar-refractivity contribution in [1.29, 1.82) is 0 Å². The van der Waals surface area contributed by atoms with Crippen LogP contribution in [0.5, 0.6) is 0 Å². The molecule has 0 radical (unpaired) electrons. The third-order valence-electron chi connectivity index (χ3n) is 3.67. The molecule has 94 valence electrons. The lowest BCUT2D eigenvalue weighted by molar-refractivity contribution is 0.0256. The van der Waals surface area contributed by atoms with Crippen molar-refractivity contribution in [2.45, 2.75) is 44.4 Å². The Hall–Kier alpha value is -0.650. The third kappa shape index (κ3) is 2.07. The molecule has 3 atom stereocenters. The number of rotatable bonds is 2. The van der Waals surface area contributed by atoms with Crippen molar-refractivity contribution in [2.24, 2.45) is 0 Å². The fourth-order valence-corrected chi connectivity index (χ4v) is 3.76. The van der Waals surface area contributed by atoms with Crippen molar-refractivity contribution in [3.63, 3.8) is 0 Å². The second-order valence-electron chi connectivity index (χ2n) is 4.83. The molecule has 17 heavy (non-hydrogen) atoms. The summed E-state index contributed by atoms with van der Waals surface area (Å²) in [6.45, 7) is 3.48. The molecule has 0 bridgehead atoms. The number of hydrogen-bond donors (Lipinski definition) is 1. The lowest BCUT2D eigenvalue weighted by atomic mass is 10.1. The molecule has 3 rings (SSSR count). The predicted octanol–water partition coefficient (Wildman–Crippen LogP) is 1.95. The van der Waals surface area contributed by atoms with Gasteiger partial charge in [-0.1, -0.05) is 0 Å². The molecule has 2 heterocycles.